The maximum atomic E-state index is 5.16. The lowest BCUT2D eigenvalue weighted by atomic mass is 10.1. The Bertz CT molecular complexity index is 757. The molecule has 1 aliphatic rings. The molecule has 0 atom stereocenters. The zero-order chi connectivity index (χ0) is 20.5. The van der Waals surface area contributed by atoms with Crippen molar-refractivity contribution >= 4 is 41.3 Å². The average molecular weight is 548 g/mol. The van der Waals surface area contributed by atoms with Crippen LogP contribution in [0.3, 0.4) is 0 Å². The first-order valence-corrected chi connectivity index (χ1v) is 11.2. The predicted octanol–water partition coefficient (Wildman–Crippen LogP) is 2.54. The van der Waals surface area contributed by atoms with Crippen LogP contribution in [0.15, 0.2) is 22.5 Å². The van der Waals surface area contributed by atoms with Gasteiger partial charge in [0.25, 0.3) is 0 Å². The number of nitrogens with zero attached hydrogens (tertiary/aromatic N) is 5. The van der Waals surface area contributed by atoms with E-state index in [0.29, 0.717) is 12.6 Å². The van der Waals surface area contributed by atoms with E-state index in [-0.39, 0.29) is 24.0 Å². The Balaban J connectivity index is 0.00000320. The Morgan fingerprint density at radius 1 is 1.33 bits per heavy atom. The number of aliphatic imine (C=N–C) groups is 1. The summed E-state index contributed by atoms with van der Waals surface area (Å²) in [5.41, 5.74) is 0. The van der Waals surface area contributed by atoms with Crippen molar-refractivity contribution in [3.63, 3.8) is 0 Å². The minimum absolute atomic E-state index is 0. The van der Waals surface area contributed by atoms with Crippen LogP contribution in [0.2, 0.25) is 0 Å². The molecular formula is C20H34IN7OS. The number of ether oxygens (including phenoxy) is 1. The molecule has 0 amide bonds. The average Bonchev–Trinajstić information content (AvgIpc) is 3.36. The summed E-state index contributed by atoms with van der Waals surface area (Å²) >= 11 is 1.75. The first-order chi connectivity index (χ1) is 14.2. The van der Waals surface area contributed by atoms with Gasteiger partial charge in [-0.15, -0.1) is 45.5 Å². The smallest absolute Gasteiger partial charge is 0.192 e. The molecule has 10 heteroatoms. The van der Waals surface area contributed by atoms with E-state index in [9.17, 15) is 0 Å². The fourth-order valence-corrected chi connectivity index (χ4v) is 4.05. The molecule has 2 N–H and O–H groups in total. The number of nitrogens with one attached hydrogen (secondary N) is 2. The van der Waals surface area contributed by atoms with Gasteiger partial charge in [0.05, 0.1) is 6.54 Å². The van der Waals surface area contributed by atoms with Crippen LogP contribution in [0.25, 0.3) is 0 Å². The topological polar surface area (TPSA) is 79.6 Å². The summed E-state index contributed by atoms with van der Waals surface area (Å²) in [6.45, 7) is 7.41. The van der Waals surface area contributed by atoms with Gasteiger partial charge in [-0.25, -0.2) is 4.99 Å². The van der Waals surface area contributed by atoms with Crippen molar-refractivity contribution in [2.75, 3.05) is 33.4 Å². The van der Waals surface area contributed by atoms with Crippen molar-refractivity contribution in [1.29, 1.82) is 0 Å². The fourth-order valence-electron chi connectivity index (χ4n) is 3.40. The number of rotatable bonds is 9. The quantitative estimate of drug-likeness (QED) is 0.218. The number of thiophene rings is 1. The van der Waals surface area contributed by atoms with Crippen LogP contribution in [0.5, 0.6) is 0 Å². The maximum absolute atomic E-state index is 5.16. The number of guanidine groups is 1. The Kier molecular flexibility index (Phi) is 11.0. The molecule has 0 aliphatic carbocycles. The van der Waals surface area contributed by atoms with Crippen molar-refractivity contribution in [3.05, 3.63) is 34.0 Å². The van der Waals surface area contributed by atoms with E-state index in [4.69, 9.17) is 9.73 Å². The standard InChI is InChI=1S/C20H33N7OS.HI/c1-16-24-25-19(26(16)2)15-22-20(21-14-18-6-4-13-29-18)23-17-7-10-27(11-8-17)9-5-12-28-3;/h4,6,13,17H,5,7-12,14-15H2,1-3H3,(H2,21,22,23);1H. The summed E-state index contributed by atoms with van der Waals surface area (Å²) < 4.78 is 7.15. The zero-order valence-corrected chi connectivity index (χ0v) is 21.3. The highest BCUT2D eigenvalue weighted by Crippen LogP contribution is 2.11. The van der Waals surface area contributed by atoms with Gasteiger partial charge < -0.3 is 24.8 Å². The lowest BCUT2D eigenvalue weighted by Crippen LogP contribution is -2.48. The number of halogens is 1. The Morgan fingerprint density at radius 2 is 2.13 bits per heavy atom. The SMILES string of the molecule is COCCCN1CCC(NC(=NCc2nnc(C)n2C)NCc2cccs2)CC1.I. The lowest BCUT2D eigenvalue weighted by Gasteiger charge is -2.33. The molecule has 3 heterocycles. The maximum Gasteiger partial charge on any atom is 0.192 e. The molecule has 1 fully saturated rings. The van der Waals surface area contributed by atoms with Crippen LogP contribution < -0.4 is 10.6 Å². The third-order valence-electron chi connectivity index (χ3n) is 5.32. The van der Waals surface area contributed by atoms with Crippen LogP contribution >= 0.6 is 35.3 Å². The highest BCUT2D eigenvalue weighted by molar-refractivity contribution is 14.0. The highest BCUT2D eigenvalue weighted by Gasteiger charge is 2.20. The van der Waals surface area contributed by atoms with Crippen LogP contribution in [0, 0.1) is 6.92 Å². The van der Waals surface area contributed by atoms with Gasteiger partial charge in [0.1, 0.15) is 12.4 Å². The van der Waals surface area contributed by atoms with Crippen molar-refractivity contribution in [2.45, 2.75) is 45.3 Å². The van der Waals surface area contributed by atoms with Crippen LogP contribution in [-0.4, -0.2) is 65.0 Å². The van der Waals surface area contributed by atoms with Gasteiger partial charge in [-0.05, 0) is 37.6 Å². The molecule has 1 saturated heterocycles. The number of methoxy groups -OCH3 is 1. The monoisotopic (exact) mass is 547 g/mol. The second-order valence-corrected chi connectivity index (χ2v) is 8.46. The first kappa shape index (κ1) is 25.0. The number of aryl methyl sites for hydroxylation is 1. The second-order valence-electron chi connectivity index (χ2n) is 7.43. The summed E-state index contributed by atoms with van der Waals surface area (Å²) in [5, 5.41) is 17.6. The third-order valence-corrected chi connectivity index (χ3v) is 6.20. The van der Waals surface area contributed by atoms with Gasteiger partial charge >= 0.3 is 0 Å². The van der Waals surface area contributed by atoms with Gasteiger partial charge in [0, 0.05) is 51.3 Å². The largest absolute Gasteiger partial charge is 0.385 e. The molecule has 0 spiro atoms. The summed E-state index contributed by atoms with van der Waals surface area (Å²) in [7, 11) is 3.74. The summed E-state index contributed by atoms with van der Waals surface area (Å²) in [6.07, 6.45) is 3.34. The van der Waals surface area contributed by atoms with E-state index in [2.05, 4.69) is 43.2 Å². The molecule has 30 heavy (non-hydrogen) atoms. The van der Waals surface area contributed by atoms with E-state index in [1.807, 2.05) is 18.5 Å². The predicted molar refractivity (Wildman–Crippen MR) is 133 cm³/mol. The van der Waals surface area contributed by atoms with Gasteiger partial charge in [-0.1, -0.05) is 6.07 Å². The van der Waals surface area contributed by atoms with Crippen LogP contribution in [0.4, 0.5) is 0 Å². The molecule has 3 rings (SSSR count). The summed E-state index contributed by atoms with van der Waals surface area (Å²) in [5.74, 6) is 2.61. The zero-order valence-electron chi connectivity index (χ0n) is 18.1. The van der Waals surface area contributed by atoms with Crippen LogP contribution in [-0.2, 0) is 24.9 Å². The van der Waals surface area contributed by atoms with Gasteiger partial charge in [0.15, 0.2) is 11.8 Å². The molecule has 0 radical (unpaired) electrons. The number of hydrogen-bond acceptors (Lipinski definition) is 6. The molecule has 0 saturated carbocycles. The van der Waals surface area contributed by atoms with Crippen molar-refractivity contribution in [1.82, 2.24) is 30.3 Å². The number of hydrogen-bond donors (Lipinski definition) is 2. The molecule has 0 unspecified atom stereocenters. The van der Waals surface area contributed by atoms with Gasteiger partial charge in [-0.2, -0.15) is 0 Å². The van der Waals surface area contributed by atoms with E-state index in [0.717, 1.165) is 69.7 Å². The molecule has 2 aromatic rings. The lowest BCUT2D eigenvalue weighted by molar-refractivity contribution is 0.155. The number of aromatic nitrogens is 3. The third kappa shape index (κ3) is 7.78. The Hall–Kier alpha value is -1.24. The summed E-state index contributed by atoms with van der Waals surface area (Å²) in [6, 6.07) is 4.65. The van der Waals surface area contributed by atoms with E-state index in [1.165, 1.54) is 4.88 Å². The minimum Gasteiger partial charge on any atom is -0.385 e. The molecule has 8 nitrogen and oxygen atoms in total. The molecule has 168 valence electrons. The Morgan fingerprint density at radius 3 is 2.77 bits per heavy atom. The molecule has 0 aromatic carbocycles. The molecule has 0 bridgehead atoms. The normalized spacial score (nSPS) is 15.8. The van der Waals surface area contributed by atoms with Gasteiger partial charge in [-0.3, -0.25) is 0 Å². The fraction of sp³-hybridized carbons (Fsp3) is 0.650. The first-order valence-electron chi connectivity index (χ1n) is 10.3. The van der Waals surface area contributed by atoms with Gasteiger partial charge in [0.2, 0.25) is 0 Å². The number of piperidine rings is 1. The molecule has 2 aromatic heterocycles. The van der Waals surface area contributed by atoms with Crippen LogP contribution in [0.1, 0.15) is 35.8 Å². The van der Waals surface area contributed by atoms with Crippen molar-refractivity contribution < 1.29 is 4.74 Å². The molecular weight excluding hydrogens is 513 g/mol. The minimum atomic E-state index is 0. The van der Waals surface area contributed by atoms with E-state index < -0.39 is 0 Å². The highest BCUT2D eigenvalue weighted by atomic mass is 127. The number of likely N-dealkylation sites (tertiary alicyclic amines) is 1. The molecule has 1 aliphatic heterocycles. The van der Waals surface area contributed by atoms with Crippen molar-refractivity contribution in [2.24, 2.45) is 12.0 Å². The summed E-state index contributed by atoms with van der Waals surface area (Å²) in [4.78, 5) is 8.60. The van der Waals surface area contributed by atoms with E-state index >= 15 is 0 Å². The Labute approximate surface area is 200 Å². The van der Waals surface area contributed by atoms with E-state index in [1.54, 1.807) is 18.4 Å². The van der Waals surface area contributed by atoms with Crippen molar-refractivity contribution in [3.8, 4) is 0 Å². The second kappa shape index (κ2) is 13.2.